The summed E-state index contributed by atoms with van der Waals surface area (Å²) in [6, 6.07) is 5.18. The molecule has 0 spiro atoms. The number of nitrogens with zero attached hydrogens (tertiary/aromatic N) is 2. The van der Waals surface area contributed by atoms with Gasteiger partial charge >= 0.3 is 0 Å². The zero-order valence-corrected chi connectivity index (χ0v) is 13.0. The van der Waals surface area contributed by atoms with Crippen LogP contribution in [-0.4, -0.2) is 30.3 Å². The van der Waals surface area contributed by atoms with Gasteiger partial charge in [-0.25, -0.2) is 0 Å². The van der Waals surface area contributed by atoms with Crippen LogP contribution in [0.4, 0.5) is 5.13 Å². The molecule has 1 heterocycles. The third-order valence-electron chi connectivity index (χ3n) is 2.81. The molecule has 0 unspecified atom stereocenters. The molecular weight excluding hydrogens is 290 g/mol. The Morgan fingerprint density at radius 2 is 1.90 bits per heavy atom. The van der Waals surface area contributed by atoms with E-state index in [9.17, 15) is 4.79 Å². The van der Waals surface area contributed by atoms with Crippen LogP contribution in [0.3, 0.4) is 0 Å². The minimum Gasteiger partial charge on any atom is -0.496 e. The van der Waals surface area contributed by atoms with E-state index in [4.69, 9.17) is 9.47 Å². The summed E-state index contributed by atoms with van der Waals surface area (Å²) in [6.07, 6.45) is 1.84. The quantitative estimate of drug-likeness (QED) is 0.888. The fraction of sp³-hybridized carbons (Fsp3) is 0.357. The lowest BCUT2D eigenvalue weighted by Crippen LogP contribution is -2.14. The van der Waals surface area contributed by atoms with Gasteiger partial charge in [0.05, 0.1) is 14.2 Å². The first-order chi connectivity index (χ1) is 10.2. The fourth-order valence-electron chi connectivity index (χ4n) is 1.85. The zero-order valence-electron chi connectivity index (χ0n) is 12.2. The van der Waals surface area contributed by atoms with Gasteiger partial charge < -0.3 is 9.47 Å². The highest BCUT2D eigenvalue weighted by Crippen LogP contribution is 2.29. The van der Waals surface area contributed by atoms with Crippen molar-refractivity contribution in [1.82, 2.24) is 10.2 Å². The number of nitrogens with one attached hydrogen (secondary N) is 1. The van der Waals surface area contributed by atoms with Crippen molar-refractivity contribution >= 4 is 22.4 Å². The molecule has 7 heteroatoms. The van der Waals surface area contributed by atoms with Crippen molar-refractivity contribution in [2.75, 3.05) is 19.5 Å². The summed E-state index contributed by atoms with van der Waals surface area (Å²) in [6.45, 7) is 2.07. The Kier molecular flexibility index (Phi) is 5.10. The molecule has 21 heavy (non-hydrogen) atoms. The minimum atomic E-state index is -0.330. The smallest absolute Gasteiger partial charge is 0.265 e. The summed E-state index contributed by atoms with van der Waals surface area (Å²) in [4.78, 5) is 12.4. The topological polar surface area (TPSA) is 73.3 Å². The maximum Gasteiger partial charge on any atom is 0.265 e. The lowest BCUT2D eigenvalue weighted by atomic mass is 10.1. The second-order valence-corrected chi connectivity index (χ2v) is 5.30. The normalized spacial score (nSPS) is 10.2. The second kappa shape index (κ2) is 7.03. The van der Waals surface area contributed by atoms with E-state index in [1.165, 1.54) is 25.6 Å². The van der Waals surface area contributed by atoms with Gasteiger partial charge in [0.15, 0.2) is 0 Å². The molecule has 0 bridgehead atoms. The standard InChI is InChI=1S/C14H17N3O3S/c1-4-6-11-16-17-14(21-11)15-13(18)12-9(19-2)7-5-8-10(12)20-3/h5,7-8H,4,6H2,1-3H3,(H,15,17,18). The summed E-state index contributed by atoms with van der Waals surface area (Å²) in [5, 5.41) is 12.1. The molecule has 0 aliphatic heterocycles. The Labute approximate surface area is 127 Å². The van der Waals surface area contributed by atoms with Crippen molar-refractivity contribution in [1.29, 1.82) is 0 Å². The number of aryl methyl sites for hydroxylation is 1. The molecule has 0 radical (unpaired) electrons. The van der Waals surface area contributed by atoms with Gasteiger partial charge in [0.1, 0.15) is 22.1 Å². The van der Waals surface area contributed by atoms with Gasteiger partial charge in [-0.3, -0.25) is 10.1 Å². The summed E-state index contributed by atoms with van der Waals surface area (Å²) in [5.74, 6) is 0.568. The number of hydrogen-bond acceptors (Lipinski definition) is 6. The van der Waals surface area contributed by atoms with Gasteiger partial charge in [-0.1, -0.05) is 24.3 Å². The number of ether oxygens (including phenoxy) is 2. The molecule has 1 amide bonds. The van der Waals surface area contributed by atoms with E-state index in [0.717, 1.165) is 17.8 Å². The first-order valence-electron chi connectivity index (χ1n) is 6.54. The predicted octanol–water partition coefficient (Wildman–Crippen LogP) is 2.76. The van der Waals surface area contributed by atoms with E-state index in [1.54, 1.807) is 18.2 Å². The van der Waals surface area contributed by atoms with E-state index in [-0.39, 0.29) is 5.91 Å². The van der Waals surface area contributed by atoms with Crippen LogP contribution in [0.25, 0.3) is 0 Å². The molecular formula is C14H17N3O3S. The highest BCUT2D eigenvalue weighted by Gasteiger charge is 2.19. The molecule has 112 valence electrons. The Morgan fingerprint density at radius 1 is 1.24 bits per heavy atom. The van der Waals surface area contributed by atoms with Gasteiger partial charge in [-0.05, 0) is 18.6 Å². The number of amides is 1. The summed E-state index contributed by atoms with van der Waals surface area (Å²) in [7, 11) is 3.02. The molecule has 1 aromatic carbocycles. The SMILES string of the molecule is CCCc1nnc(NC(=O)c2c(OC)cccc2OC)s1. The van der Waals surface area contributed by atoms with Crippen molar-refractivity contribution in [2.45, 2.75) is 19.8 Å². The van der Waals surface area contributed by atoms with Crippen molar-refractivity contribution in [3.05, 3.63) is 28.8 Å². The van der Waals surface area contributed by atoms with Crippen LogP contribution >= 0.6 is 11.3 Å². The fourth-order valence-corrected chi connectivity index (χ4v) is 2.69. The summed E-state index contributed by atoms with van der Waals surface area (Å²) < 4.78 is 10.4. The monoisotopic (exact) mass is 307 g/mol. The van der Waals surface area contributed by atoms with Gasteiger partial charge in [0.25, 0.3) is 5.91 Å². The molecule has 1 N–H and O–H groups in total. The Balaban J connectivity index is 2.23. The van der Waals surface area contributed by atoms with Gasteiger partial charge in [0, 0.05) is 6.42 Å². The largest absolute Gasteiger partial charge is 0.496 e. The zero-order chi connectivity index (χ0) is 15.2. The molecule has 6 nitrogen and oxygen atoms in total. The van der Waals surface area contributed by atoms with Crippen molar-refractivity contribution < 1.29 is 14.3 Å². The van der Waals surface area contributed by atoms with E-state index >= 15 is 0 Å². The molecule has 2 rings (SSSR count). The maximum absolute atomic E-state index is 12.4. The van der Waals surface area contributed by atoms with Crippen LogP contribution in [-0.2, 0) is 6.42 Å². The molecule has 0 aliphatic carbocycles. The Bertz CT molecular complexity index is 605. The third kappa shape index (κ3) is 3.49. The van der Waals surface area contributed by atoms with Crippen molar-refractivity contribution in [3.63, 3.8) is 0 Å². The first-order valence-corrected chi connectivity index (χ1v) is 7.36. The van der Waals surface area contributed by atoms with Gasteiger partial charge in [-0.15, -0.1) is 10.2 Å². The Morgan fingerprint density at radius 3 is 2.48 bits per heavy atom. The summed E-state index contributed by atoms with van der Waals surface area (Å²) >= 11 is 1.37. The molecule has 0 saturated heterocycles. The average Bonchev–Trinajstić information content (AvgIpc) is 2.93. The average molecular weight is 307 g/mol. The lowest BCUT2D eigenvalue weighted by Gasteiger charge is -2.11. The number of carbonyl (C=O) groups is 1. The van der Waals surface area contributed by atoms with Gasteiger partial charge in [0.2, 0.25) is 5.13 Å². The number of hydrogen-bond donors (Lipinski definition) is 1. The number of rotatable bonds is 6. The number of methoxy groups -OCH3 is 2. The lowest BCUT2D eigenvalue weighted by molar-refractivity contribution is 0.102. The number of benzene rings is 1. The maximum atomic E-state index is 12.4. The predicted molar refractivity (Wildman–Crippen MR) is 81.4 cm³/mol. The first kappa shape index (κ1) is 15.2. The Hall–Kier alpha value is -2.15. The molecule has 2 aromatic rings. The molecule has 0 fully saturated rings. The van der Waals surface area contributed by atoms with Gasteiger partial charge in [-0.2, -0.15) is 0 Å². The van der Waals surface area contributed by atoms with E-state index in [0.29, 0.717) is 22.2 Å². The van der Waals surface area contributed by atoms with Crippen LogP contribution in [0.5, 0.6) is 11.5 Å². The molecule has 0 saturated carbocycles. The second-order valence-electron chi connectivity index (χ2n) is 4.24. The van der Waals surface area contributed by atoms with E-state index in [2.05, 4.69) is 22.4 Å². The van der Waals surface area contributed by atoms with Crippen LogP contribution in [0.15, 0.2) is 18.2 Å². The highest BCUT2D eigenvalue weighted by molar-refractivity contribution is 7.15. The van der Waals surface area contributed by atoms with Crippen LogP contribution < -0.4 is 14.8 Å². The third-order valence-corrected chi connectivity index (χ3v) is 3.70. The number of carbonyl (C=O) groups excluding carboxylic acids is 1. The summed E-state index contributed by atoms with van der Waals surface area (Å²) in [5.41, 5.74) is 0.342. The molecule has 0 aliphatic rings. The van der Waals surface area contributed by atoms with Crippen LogP contribution in [0.1, 0.15) is 28.7 Å². The molecule has 1 aromatic heterocycles. The number of anilines is 1. The minimum absolute atomic E-state index is 0.330. The van der Waals surface area contributed by atoms with E-state index in [1.807, 2.05) is 0 Å². The van der Waals surface area contributed by atoms with Crippen molar-refractivity contribution in [3.8, 4) is 11.5 Å². The van der Waals surface area contributed by atoms with E-state index < -0.39 is 0 Å². The number of aromatic nitrogens is 2. The van der Waals surface area contributed by atoms with Crippen LogP contribution in [0.2, 0.25) is 0 Å². The van der Waals surface area contributed by atoms with Crippen molar-refractivity contribution in [2.24, 2.45) is 0 Å². The molecule has 0 atom stereocenters. The highest BCUT2D eigenvalue weighted by atomic mass is 32.1. The van der Waals surface area contributed by atoms with Crippen LogP contribution in [0, 0.1) is 0 Å².